The Kier molecular flexibility index (Phi) is 4.57. The molecule has 0 saturated heterocycles. The van der Waals surface area contributed by atoms with E-state index in [1.54, 1.807) is 0 Å². The van der Waals surface area contributed by atoms with Crippen molar-refractivity contribution in [3.05, 3.63) is 0 Å². The van der Waals surface area contributed by atoms with Crippen LogP contribution in [0.5, 0.6) is 0 Å². The topological polar surface area (TPSA) is 49.3 Å². The summed E-state index contributed by atoms with van der Waals surface area (Å²) in [5.74, 6) is -15.2. The molecule has 0 aromatic heterocycles. The molecule has 1 rings (SSSR count). The standard InChI is InChI=1S/C10H12F7NO2/c11-8(12,9(13,14)10(15,16)17)7(20)18-5-3-1-2-4-6(5)19/h5-6,19H,1-4H2,(H,18,20)/t5-,6+/m0/s1. The van der Waals surface area contributed by atoms with Crippen molar-refractivity contribution in [2.45, 2.75) is 55.9 Å². The number of halogens is 7. The van der Waals surface area contributed by atoms with Crippen LogP contribution in [0.3, 0.4) is 0 Å². The molecule has 0 radical (unpaired) electrons. The molecular formula is C10H12F7NO2. The average Bonchev–Trinajstić information content (AvgIpc) is 2.30. The first-order chi connectivity index (χ1) is 8.91. The van der Waals surface area contributed by atoms with E-state index in [0.717, 1.165) is 0 Å². The van der Waals surface area contributed by atoms with Crippen LogP contribution in [0.25, 0.3) is 0 Å². The van der Waals surface area contributed by atoms with Gasteiger partial charge in [0.1, 0.15) is 0 Å². The zero-order valence-corrected chi connectivity index (χ0v) is 9.98. The van der Waals surface area contributed by atoms with Crippen LogP contribution in [0, 0.1) is 0 Å². The van der Waals surface area contributed by atoms with Crippen molar-refractivity contribution in [1.82, 2.24) is 5.32 Å². The van der Waals surface area contributed by atoms with E-state index in [1.165, 1.54) is 5.32 Å². The number of carbonyl (C=O) groups excluding carboxylic acids is 1. The molecule has 3 nitrogen and oxygen atoms in total. The second-order valence-electron chi connectivity index (χ2n) is 4.58. The summed E-state index contributed by atoms with van der Waals surface area (Å²) >= 11 is 0. The third-order valence-corrected chi connectivity index (χ3v) is 3.08. The number of hydrogen-bond donors (Lipinski definition) is 2. The van der Waals surface area contributed by atoms with Gasteiger partial charge in [0.25, 0.3) is 5.91 Å². The van der Waals surface area contributed by atoms with Crippen molar-refractivity contribution >= 4 is 5.91 Å². The highest BCUT2D eigenvalue weighted by molar-refractivity contribution is 5.85. The van der Waals surface area contributed by atoms with Crippen molar-refractivity contribution < 1.29 is 40.6 Å². The average molecular weight is 311 g/mol. The number of carbonyl (C=O) groups is 1. The molecule has 20 heavy (non-hydrogen) atoms. The molecule has 0 aromatic carbocycles. The maximum atomic E-state index is 13.0. The zero-order valence-electron chi connectivity index (χ0n) is 9.98. The normalized spacial score (nSPS) is 25.4. The summed E-state index contributed by atoms with van der Waals surface area (Å²) in [4.78, 5) is 11.0. The van der Waals surface area contributed by atoms with Crippen molar-refractivity contribution in [2.24, 2.45) is 0 Å². The maximum Gasteiger partial charge on any atom is 0.460 e. The number of hydrogen-bond acceptors (Lipinski definition) is 2. The number of aliphatic hydroxyl groups is 1. The van der Waals surface area contributed by atoms with E-state index in [2.05, 4.69) is 0 Å². The molecule has 0 aromatic rings. The van der Waals surface area contributed by atoms with Crippen LogP contribution in [0.4, 0.5) is 30.7 Å². The van der Waals surface area contributed by atoms with Gasteiger partial charge in [0, 0.05) is 0 Å². The molecule has 1 aliphatic carbocycles. The molecule has 1 fully saturated rings. The van der Waals surface area contributed by atoms with Gasteiger partial charge < -0.3 is 10.4 Å². The highest BCUT2D eigenvalue weighted by Crippen LogP contribution is 2.46. The monoisotopic (exact) mass is 311 g/mol. The summed E-state index contributed by atoms with van der Waals surface area (Å²) in [5, 5.41) is 10.7. The fraction of sp³-hybridized carbons (Fsp3) is 0.900. The number of alkyl halides is 7. The summed E-state index contributed by atoms with van der Waals surface area (Å²) in [6, 6.07) is -1.26. The van der Waals surface area contributed by atoms with E-state index in [1.807, 2.05) is 0 Å². The Bertz CT molecular complexity index is 369. The lowest BCUT2D eigenvalue weighted by Gasteiger charge is -2.32. The quantitative estimate of drug-likeness (QED) is 0.785. The third kappa shape index (κ3) is 2.99. The molecule has 0 unspecified atom stereocenters. The fourth-order valence-corrected chi connectivity index (χ4v) is 1.86. The van der Waals surface area contributed by atoms with Crippen LogP contribution in [0.1, 0.15) is 25.7 Å². The minimum Gasteiger partial charge on any atom is -0.391 e. The Labute approximate surface area is 109 Å². The lowest BCUT2D eigenvalue weighted by atomic mass is 9.92. The fourth-order valence-electron chi connectivity index (χ4n) is 1.86. The highest BCUT2D eigenvalue weighted by atomic mass is 19.4. The Morgan fingerprint density at radius 1 is 1.00 bits per heavy atom. The third-order valence-electron chi connectivity index (χ3n) is 3.08. The summed E-state index contributed by atoms with van der Waals surface area (Å²) in [6.07, 6.45) is -6.65. The lowest BCUT2D eigenvalue weighted by molar-refractivity contribution is -0.344. The summed E-state index contributed by atoms with van der Waals surface area (Å²) in [6.45, 7) is 0. The Morgan fingerprint density at radius 3 is 1.95 bits per heavy atom. The number of rotatable bonds is 3. The van der Waals surface area contributed by atoms with E-state index < -0.39 is 36.1 Å². The molecule has 118 valence electrons. The van der Waals surface area contributed by atoms with Gasteiger partial charge in [0.05, 0.1) is 12.1 Å². The first-order valence-electron chi connectivity index (χ1n) is 5.72. The van der Waals surface area contributed by atoms with Gasteiger partial charge >= 0.3 is 18.0 Å². The second kappa shape index (κ2) is 5.38. The van der Waals surface area contributed by atoms with Gasteiger partial charge in [0.15, 0.2) is 0 Å². The van der Waals surface area contributed by atoms with Crippen LogP contribution in [-0.4, -0.2) is 41.2 Å². The van der Waals surface area contributed by atoms with Crippen LogP contribution in [-0.2, 0) is 4.79 Å². The first kappa shape index (κ1) is 17.0. The smallest absolute Gasteiger partial charge is 0.391 e. The van der Waals surface area contributed by atoms with E-state index in [0.29, 0.717) is 12.8 Å². The maximum absolute atomic E-state index is 13.0. The van der Waals surface area contributed by atoms with Crippen LogP contribution in [0.2, 0.25) is 0 Å². The number of aliphatic hydroxyl groups excluding tert-OH is 1. The Balaban J connectivity index is 2.84. The largest absolute Gasteiger partial charge is 0.460 e. The molecule has 1 aliphatic rings. The van der Waals surface area contributed by atoms with Gasteiger partial charge in [0.2, 0.25) is 0 Å². The number of nitrogens with one attached hydrogen (secondary N) is 1. The molecule has 2 atom stereocenters. The minimum absolute atomic E-state index is 0.0283. The summed E-state index contributed by atoms with van der Waals surface area (Å²) in [5.41, 5.74) is 0. The SMILES string of the molecule is O=C(N[C@H]1CCCC[C@H]1O)C(F)(F)C(F)(F)C(F)(F)F. The number of amides is 1. The molecule has 0 bridgehead atoms. The predicted molar refractivity (Wildman–Crippen MR) is 52.4 cm³/mol. The van der Waals surface area contributed by atoms with Crippen LogP contribution >= 0.6 is 0 Å². The molecule has 0 aliphatic heterocycles. The molecule has 0 spiro atoms. The molecule has 2 N–H and O–H groups in total. The van der Waals surface area contributed by atoms with Gasteiger partial charge in [-0.15, -0.1) is 0 Å². The van der Waals surface area contributed by atoms with Crippen molar-refractivity contribution in [3.63, 3.8) is 0 Å². The molecular weight excluding hydrogens is 299 g/mol. The van der Waals surface area contributed by atoms with E-state index in [4.69, 9.17) is 0 Å². The zero-order chi connectivity index (χ0) is 15.8. The van der Waals surface area contributed by atoms with Crippen molar-refractivity contribution in [1.29, 1.82) is 0 Å². The predicted octanol–water partition coefficient (Wildman–Crippen LogP) is 2.24. The second-order valence-corrected chi connectivity index (χ2v) is 4.58. The minimum atomic E-state index is -6.56. The van der Waals surface area contributed by atoms with Gasteiger partial charge in [-0.05, 0) is 12.8 Å². The van der Waals surface area contributed by atoms with Gasteiger partial charge in [-0.2, -0.15) is 30.7 Å². The Morgan fingerprint density at radius 2 is 1.50 bits per heavy atom. The van der Waals surface area contributed by atoms with Gasteiger partial charge in [-0.1, -0.05) is 12.8 Å². The van der Waals surface area contributed by atoms with E-state index in [9.17, 15) is 40.6 Å². The van der Waals surface area contributed by atoms with Crippen LogP contribution < -0.4 is 5.32 Å². The summed E-state index contributed by atoms with van der Waals surface area (Å²) in [7, 11) is 0. The molecule has 1 saturated carbocycles. The van der Waals surface area contributed by atoms with Gasteiger partial charge in [-0.3, -0.25) is 4.79 Å². The van der Waals surface area contributed by atoms with Crippen LogP contribution in [0.15, 0.2) is 0 Å². The van der Waals surface area contributed by atoms with Gasteiger partial charge in [-0.25, -0.2) is 0 Å². The van der Waals surface area contributed by atoms with Crippen molar-refractivity contribution in [3.8, 4) is 0 Å². The molecule has 1 amide bonds. The summed E-state index contributed by atoms with van der Waals surface area (Å²) < 4.78 is 86.9. The van der Waals surface area contributed by atoms with E-state index in [-0.39, 0.29) is 12.8 Å². The highest BCUT2D eigenvalue weighted by Gasteiger charge is 2.76. The lowest BCUT2D eigenvalue weighted by Crippen LogP contribution is -2.61. The molecule has 0 heterocycles. The van der Waals surface area contributed by atoms with Crippen molar-refractivity contribution in [2.75, 3.05) is 0 Å². The van der Waals surface area contributed by atoms with E-state index >= 15 is 0 Å². The molecule has 10 heteroatoms. The Hall–Kier alpha value is -1.06. The first-order valence-corrected chi connectivity index (χ1v) is 5.72.